The Morgan fingerprint density at radius 3 is 2.69 bits per heavy atom. The van der Waals surface area contributed by atoms with E-state index in [9.17, 15) is 0 Å². The van der Waals surface area contributed by atoms with Crippen LogP contribution in [0.25, 0.3) is 0 Å². The minimum absolute atomic E-state index is 0.984. The Bertz CT molecular complexity index is 555. The molecule has 2 aromatic rings. The van der Waals surface area contributed by atoms with Gasteiger partial charge in [-0.25, -0.2) is 0 Å². The van der Waals surface area contributed by atoms with Crippen LogP contribution >= 0.6 is 0 Å². The lowest BCUT2D eigenvalue weighted by Crippen LogP contribution is -2.04. The van der Waals surface area contributed by atoms with Crippen LogP contribution in [0.2, 0.25) is 0 Å². The van der Waals surface area contributed by atoms with Crippen LogP contribution < -0.4 is 4.74 Å². The Kier molecular flexibility index (Phi) is 2.00. The molecule has 16 heavy (non-hydrogen) atoms. The Morgan fingerprint density at radius 2 is 1.81 bits per heavy atom. The third-order valence-corrected chi connectivity index (χ3v) is 3.14. The van der Waals surface area contributed by atoms with E-state index >= 15 is 0 Å². The Balaban J connectivity index is 2.15. The van der Waals surface area contributed by atoms with Crippen LogP contribution in [0.15, 0.2) is 36.4 Å². The SMILES string of the molecule is Cc1cc(C)c2c(c1)Oc1ccccc1C2. The lowest BCUT2D eigenvalue weighted by atomic mass is 9.95. The normalized spacial score (nSPS) is 12.6. The lowest BCUT2D eigenvalue weighted by Gasteiger charge is -2.22. The molecule has 3 rings (SSSR count). The number of fused-ring (bicyclic) bond motifs is 2. The van der Waals surface area contributed by atoms with Gasteiger partial charge >= 0.3 is 0 Å². The maximum atomic E-state index is 5.94. The minimum Gasteiger partial charge on any atom is -0.457 e. The van der Waals surface area contributed by atoms with Gasteiger partial charge < -0.3 is 4.74 Å². The van der Waals surface area contributed by atoms with Gasteiger partial charge in [-0.1, -0.05) is 24.3 Å². The zero-order chi connectivity index (χ0) is 11.1. The number of ether oxygens (including phenoxy) is 1. The van der Waals surface area contributed by atoms with Crippen molar-refractivity contribution in [2.24, 2.45) is 0 Å². The molecule has 0 unspecified atom stereocenters. The molecule has 1 aliphatic heterocycles. The van der Waals surface area contributed by atoms with Crippen LogP contribution in [0.4, 0.5) is 0 Å². The van der Waals surface area contributed by atoms with E-state index in [-0.39, 0.29) is 0 Å². The van der Waals surface area contributed by atoms with Crippen LogP contribution in [0.5, 0.6) is 11.5 Å². The highest BCUT2D eigenvalue weighted by atomic mass is 16.5. The second-order valence-corrected chi connectivity index (χ2v) is 4.45. The Hall–Kier alpha value is -1.76. The van der Waals surface area contributed by atoms with Crippen molar-refractivity contribution in [3.63, 3.8) is 0 Å². The van der Waals surface area contributed by atoms with Crippen molar-refractivity contribution >= 4 is 0 Å². The van der Waals surface area contributed by atoms with Crippen LogP contribution in [0, 0.1) is 13.8 Å². The zero-order valence-electron chi connectivity index (χ0n) is 9.58. The molecule has 0 bridgehead atoms. The molecule has 0 aliphatic carbocycles. The van der Waals surface area contributed by atoms with Gasteiger partial charge in [0.2, 0.25) is 0 Å². The summed E-state index contributed by atoms with van der Waals surface area (Å²) < 4.78 is 5.94. The number of benzene rings is 2. The molecule has 1 nitrogen and oxygen atoms in total. The van der Waals surface area contributed by atoms with Gasteiger partial charge in [-0.15, -0.1) is 0 Å². The average Bonchev–Trinajstić information content (AvgIpc) is 2.27. The lowest BCUT2D eigenvalue weighted by molar-refractivity contribution is 0.459. The van der Waals surface area contributed by atoms with Crippen molar-refractivity contribution in [3.8, 4) is 11.5 Å². The molecule has 0 aromatic heterocycles. The van der Waals surface area contributed by atoms with Gasteiger partial charge in [0.25, 0.3) is 0 Å². The largest absolute Gasteiger partial charge is 0.457 e. The second kappa shape index (κ2) is 3.38. The molecule has 2 aromatic carbocycles. The number of hydrogen-bond donors (Lipinski definition) is 0. The van der Waals surface area contributed by atoms with E-state index in [4.69, 9.17) is 4.74 Å². The highest BCUT2D eigenvalue weighted by Gasteiger charge is 2.18. The predicted octanol–water partition coefficient (Wildman–Crippen LogP) is 4.00. The fraction of sp³-hybridized carbons (Fsp3) is 0.200. The van der Waals surface area contributed by atoms with Crippen LogP contribution in [-0.4, -0.2) is 0 Å². The maximum Gasteiger partial charge on any atom is 0.131 e. The molecule has 0 spiro atoms. The van der Waals surface area contributed by atoms with Crippen molar-refractivity contribution in [1.29, 1.82) is 0 Å². The summed E-state index contributed by atoms with van der Waals surface area (Å²) in [7, 11) is 0. The first-order valence-electron chi connectivity index (χ1n) is 5.60. The van der Waals surface area contributed by atoms with Crippen LogP contribution in [0.1, 0.15) is 22.3 Å². The van der Waals surface area contributed by atoms with Gasteiger partial charge in [-0.05, 0) is 42.7 Å². The zero-order valence-corrected chi connectivity index (χ0v) is 9.58. The third-order valence-electron chi connectivity index (χ3n) is 3.14. The Labute approximate surface area is 95.7 Å². The predicted molar refractivity (Wildman–Crippen MR) is 65.2 cm³/mol. The van der Waals surface area contributed by atoms with Crippen molar-refractivity contribution in [2.45, 2.75) is 20.3 Å². The standard InChI is InChI=1S/C15H14O/c1-10-7-11(2)13-9-12-5-3-4-6-14(12)16-15(13)8-10/h3-8H,9H2,1-2H3. The van der Waals surface area contributed by atoms with Gasteiger partial charge in [-0.3, -0.25) is 0 Å². The molecule has 1 heteroatoms. The summed E-state index contributed by atoms with van der Waals surface area (Å²) in [6, 6.07) is 12.6. The molecule has 0 fully saturated rings. The number of para-hydroxylation sites is 1. The molecule has 0 saturated heterocycles. The monoisotopic (exact) mass is 210 g/mol. The Morgan fingerprint density at radius 1 is 1.00 bits per heavy atom. The average molecular weight is 210 g/mol. The van der Waals surface area contributed by atoms with Crippen molar-refractivity contribution in [3.05, 3.63) is 58.7 Å². The number of aryl methyl sites for hydroxylation is 2. The second-order valence-electron chi connectivity index (χ2n) is 4.45. The van der Waals surface area contributed by atoms with Gasteiger partial charge in [0.1, 0.15) is 11.5 Å². The molecule has 0 saturated carbocycles. The molecule has 0 N–H and O–H groups in total. The van der Waals surface area contributed by atoms with Crippen molar-refractivity contribution in [2.75, 3.05) is 0 Å². The molecule has 0 radical (unpaired) electrons. The summed E-state index contributed by atoms with van der Waals surface area (Å²) in [6.45, 7) is 4.26. The van der Waals surface area contributed by atoms with E-state index in [0.717, 1.165) is 17.9 Å². The van der Waals surface area contributed by atoms with Crippen LogP contribution in [0.3, 0.4) is 0 Å². The molecule has 0 amide bonds. The highest BCUT2D eigenvalue weighted by Crippen LogP contribution is 2.38. The van der Waals surface area contributed by atoms with E-state index in [1.807, 2.05) is 12.1 Å². The first kappa shape index (κ1) is 9.46. The summed E-state index contributed by atoms with van der Waals surface area (Å²) in [6.07, 6.45) is 0.984. The van der Waals surface area contributed by atoms with E-state index in [1.165, 1.54) is 22.3 Å². The third kappa shape index (κ3) is 1.40. The van der Waals surface area contributed by atoms with Gasteiger partial charge in [0.15, 0.2) is 0 Å². The summed E-state index contributed by atoms with van der Waals surface area (Å²) in [4.78, 5) is 0. The van der Waals surface area contributed by atoms with E-state index in [1.54, 1.807) is 0 Å². The van der Waals surface area contributed by atoms with E-state index in [0.29, 0.717) is 0 Å². The summed E-state index contributed by atoms with van der Waals surface area (Å²) in [5.41, 5.74) is 5.19. The summed E-state index contributed by atoms with van der Waals surface area (Å²) in [5, 5.41) is 0. The van der Waals surface area contributed by atoms with E-state index in [2.05, 4.69) is 38.1 Å². The fourth-order valence-corrected chi connectivity index (χ4v) is 2.33. The van der Waals surface area contributed by atoms with Crippen molar-refractivity contribution < 1.29 is 4.74 Å². The van der Waals surface area contributed by atoms with Crippen LogP contribution in [-0.2, 0) is 6.42 Å². The molecule has 80 valence electrons. The molecule has 1 aliphatic rings. The molecular formula is C15H14O. The van der Waals surface area contributed by atoms with Gasteiger partial charge in [0.05, 0.1) is 0 Å². The fourth-order valence-electron chi connectivity index (χ4n) is 2.33. The summed E-state index contributed by atoms with van der Waals surface area (Å²) >= 11 is 0. The number of rotatable bonds is 0. The molecular weight excluding hydrogens is 196 g/mol. The minimum atomic E-state index is 0.984. The quantitative estimate of drug-likeness (QED) is 0.545. The number of hydrogen-bond acceptors (Lipinski definition) is 1. The first-order chi connectivity index (χ1) is 7.74. The topological polar surface area (TPSA) is 9.23 Å². The van der Waals surface area contributed by atoms with Gasteiger partial charge in [0, 0.05) is 12.0 Å². The van der Waals surface area contributed by atoms with Gasteiger partial charge in [-0.2, -0.15) is 0 Å². The van der Waals surface area contributed by atoms with Crippen molar-refractivity contribution in [1.82, 2.24) is 0 Å². The first-order valence-corrected chi connectivity index (χ1v) is 5.60. The summed E-state index contributed by atoms with van der Waals surface area (Å²) in [5.74, 6) is 2.02. The van der Waals surface area contributed by atoms with E-state index < -0.39 is 0 Å². The molecule has 1 heterocycles. The maximum absolute atomic E-state index is 5.94. The smallest absolute Gasteiger partial charge is 0.131 e. The highest BCUT2D eigenvalue weighted by molar-refractivity contribution is 5.53. The molecule has 0 atom stereocenters.